The van der Waals surface area contributed by atoms with Crippen LogP contribution >= 0.6 is 0 Å². The highest BCUT2D eigenvalue weighted by atomic mass is 19.4. The molecule has 0 fully saturated rings. The fourth-order valence-electron chi connectivity index (χ4n) is 3.22. The van der Waals surface area contributed by atoms with E-state index >= 15 is 0 Å². The van der Waals surface area contributed by atoms with Gasteiger partial charge >= 0.3 is 6.18 Å². The second kappa shape index (κ2) is 7.52. The number of hydrogen-bond donors (Lipinski definition) is 3. The number of carbonyl (C=O) groups is 1. The SMILES string of the molecule is CC(O)(c1ccc(Nc2nc(-c3c(F)cccc3F)nc3c2C(=O)NC3)cc1)C(F)(F)F. The Morgan fingerprint density at radius 3 is 2.22 bits per heavy atom. The van der Waals surface area contributed by atoms with Gasteiger partial charge in [-0.2, -0.15) is 13.2 Å². The molecule has 1 aromatic heterocycles. The molecule has 3 aromatic rings. The van der Waals surface area contributed by atoms with E-state index < -0.39 is 40.4 Å². The average molecular weight is 450 g/mol. The summed E-state index contributed by atoms with van der Waals surface area (Å²) in [5, 5.41) is 15.1. The molecule has 0 spiro atoms. The lowest BCUT2D eigenvalue weighted by molar-refractivity contribution is -0.258. The van der Waals surface area contributed by atoms with Crippen LogP contribution in [0.4, 0.5) is 33.5 Å². The molecule has 6 nitrogen and oxygen atoms in total. The van der Waals surface area contributed by atoms with Gasteiger partial charge in [0.2, 0.25) is 0 Å². The van der Waals surface area contributed by atoms with E-state index in [0.717, 1.165) is 24.3 Å². The number of halogens is 5. The van der Waals surface area contributed by atoms with Gasteiger partial charge in [0.25, 0.3) is 5.91 Å². The highest BCUT2D eigenvalue weighted by molar-refractivity contribution is 6.03. The Morgan fingerprint density at radius 1 is 1.00 bits per heavy atom. The molecule has 0 saturated heterocycles. The molecule has 3 N–H and O–H groups in total. The number of aliphatic hydroxyl groups is 1. The largest absolute Gasteiger partial charge is 0.421 e. The zero-order valence-electron chi connectivity index (χ0n) is 16.4. The van der Waals surface area contributed by atoms with Crippen LogP contribution in [-0.4, -0.2) is 27.2 Å². The summed E-state index contributed by atoms with van der Waals surface area (Å²) in [7, 11) is 0. The van der Waals surface area contributed by atoms with Gasteiger partial charge in [-0.1, -0.05) is 18.2 Å². The van der Waals surface area contributed by atoms with Crippen molar-refractivity contribution < 1.29 is 31.9 Å². The van der Waals surface area contributed by atoms with Crippen LogP contribution in [0, 0.1) is 11.6 Å². The quantitative estimate of drug-likeness (QED) is 0.520. The predicted molar refractivity (Wildman–Crippen MR) is 104 cm³/mol. The standard InChI is InChI=1S/C21H15F5N4O2/c1-20(32,21(24,25)26)10-5-7-11(8-6-10)28-18-16-14(9-27-19(16)31)29-17(30-18)15-12(22)3-2-4-13(15)23/h2-8,32H,9H2,1H3,(H,27,31)(H,28,29,30). The molecule has 1 aliphatic heterocycles. The van der Waals surface area contributed by atoms with Crippen molar-refractivity contribution >= 4 is 17.4 Å². The molecule has 0 bridgehead atoms. The van der Waals surface area contributed by atoms with Crippen LogP contribution in [0.3, 0.4) is 0 Å². The van der Waals surface area contributed by atoms with E-state index in [1.165, 1.54) is 18.2 Å². The van der Waals surface area contributed by atoms with Crippen molar-refractivity contribution in [2.45, 2.75) is 25.2 Å². The minimum atomic E-state index is -4.88. The highest BCUT2D eigenvalue weighted by Gasteiger charge is 2.51. The van der Waals surface area contributed by atoms with E-state index in [4.69, 9.17) is 0 Å². The van der Waals surface area contributed by atoms with Crippen molar-refractivity contribution in [3.8, 4) is 11.4 Å². The zero-order chi connectivity index (χ0) is 23.3. The first kappa shape index (κ1) is 21.6. The Balaban J connectivity index is 1.74. The minimum Gasteiger partial charge on any atom is -0.376 e. The molecule has 32 heavy (non-hydrogen) atoms. The van der Waals surface area contributed by atoms with Crippen molar-refractivity contribution in [1.29, 1.82) is 0 Å². The van der Waals surface area contributed by atoms with E-state index in [1.807, 2.05) is 0 Å². The van der Waals surface area contributed by atoms with Crippen molar-refractivity contribution in [1.82, 2.24) is 15.3 Å². The number of benzene rings is 2. The van der Waals surface area contributed by atoms with Gasteiger partial charge in [-0.15, -0.1) is 0 Å². The number of amides is 1. The van der Waals surface area contributed by atoms with Gasteiger partial charge in [0.05, 0.1) is 17.8 Å². The molecular formula is C21H15F5N4O2. The van der Waals surface area contributed by atoms with Gasteiger partial charge in [0, 0.05) is 5.69 Å². The predicted octanol–water partition coefficient (Wildman–Crippen LogP) is 4.18. The van der Waals surface area contributed by atoms with Crippen molar-refractivity contribution in [3.63, 3.8) is 0 Å². The summed E-state index contributed by atoms with van der Waals surface area (Å²) in [6, 6.07) is 7.89. The first-order chi connectivity index (χ1) is 15.0. The van der Waals surface area contributed by atoms with E-state index in [-0.39, 0.29) is 35.1 Å². The molecule has 0 saturated carbocycles. The topological polar surface area (TPSA) is 87.1 Å². The maximum atomic E-state index is 14.2. The van der Waals surface area contributed by atoms with Gasteiger partial charge in [-0.3, -0.25) is 4.79 Å². The van der Waals surface area contributed by atoms with Crippen LogP contribution in [0.5, 0.6) is 0 Å². The van der Waals surface area contributed by atoms with Gasteiger partial charge in [0.15, 0.2) is 11.4 Å². The van der Waals surface area contributed by atoms with Crippen molar-refractivity contribution in [2.75, 3.05) is 5.32 Å². The summed E-state index contributed by atoms with van der Waals surface area (Å²) in [5.41, 5.74) is -3.44. The Hall–Kier alpha value is -3.60. The van der Waals surface area contributed by atoms with E-state index in [2.05, 4.69) is 20.6 Å². The monoisotopic (exact) mass is 450 g/mol. The lowest BCUT2D eigenvalue weighted by Gasteiger charge is -2.26. The third kappa shape index (κ3) is 3.64. The molecule has 1 unspecified atom stereocenters. The molecule has 2 aromatic carbocycles. The summed E-state index contributed by atoms with van der Waals surface area (Å²) in [5.74, 6) is -2.67. The number of carbonyl (C=O) groups excluding carboxylic acids is 1. The van der Waals surface area contributed by atoms with E-state index in [1.54, 1.807) is 0 Å². The van der Waals surface area contributed by atoms with Crippen LogP contribution in [-0.2, 0) is 12.1 Å². The van der Waals surface area contributed by atoms with Crippen LogP contribution in [0.2, 0.25) is 0 Å². The molecule has 0 radical (unpaired) electrons. The summed E-state index contributed by atoms with van der Waals surface area (Å²) >= 11 is 0. The maximum absolute atomic E-state index is 14.2. The number of fused-ring (bicyclic) bond motifs is 1. The molecule has 2 heterocycles. The third-order valence-corrected chi connectivity index (χ3v) is 5.08. The lowest BCUT2D eigenvalue weighted by Crippen LogP contribution is -2.39. The Bertz CT molecular complexity index is 1190. The number of rotatable bonds is 4. The van der Waals surface area contributed by atoms with Crippen LogP contribution in [0.25, 0.3) is 11.4 Å². The van der Waals surface area contributed by atoms with Crippen molar-refractivity contribution in [2.24, 2.45) is 0 Å². The van der Waals surface area contributed by atoms with Gasteiger partial charge < -0.3 is 15.7 Å². The Kier molecular flexibility index (Phi) is 5.08. The molecule has 1 atom stereocenters. The van der Waals surface area contributed by atoms with Gasteiger partial charge in [0.1, 0.15) is 23.0 Å². The second-order valence-corrected chi connectivity index (χ2v) is 7.27. The normalized spacial score (nSPS) is 15.2. The van der Waals surface area contributed by atoms with Crippen molar-refractivity contribution in [3.05, 3.63) is 70.9 Å². The first-order valence-corrected chi connectivity index (χ1v) is 9.29. The van der Waals surface area contributed by atoms with E-state index in [0.29, 0.717) is 6.92 Å². The molecule has 0 aliphatic carbocycles. The fraction of sp³-hybridized carbons (Fsp3) is 0.190. The molecule has 1 aliphatic rings. The minimum absolute atomic E-state index is 0.0157. The highest BCUT2D eigenvalue weighted by Crippen LogP contribution is 2.39. The number of nitrogens with one attached hydrogen (secondary N) is 2. The summed E-state index contributed by atoms with van der Waals surface area (Å²) in [6.45, 7) is 0.647. The maximum Gasteiger partial charge on any atom is 0.421 e. The van der Waals surface area contributed by atoms with Crippen LogP contribution in [0.15, 0.2) is 42.5 Å². The average Bonchev–Trinajstić information content (AvgIpc) is 3.08. The fourth-order valence-corrected chi connectivity index (χ4v) is 3.22. The summed E-state index contributed by atoms with van der Waals surface area (Å²) < 4.78 is 67.6. The lowest BCUT2D eigenvalue weighted by atomic mass is 9.95. The first-order valence-electron chi connectivity index (χ1n) is 9.29. The second-order valence-electron chi connectivity index (χ2n) is 7.27. The molecule has 166 valence electrons. The zero-order valence-corrected chi connectivity index (χ0v) is 16.4. The smallest absolute Gasteiger partial charge is 0.376 e. The molecule has 1 amide bonds. The third-order valence-electron chi connectivity index (χ3n) is 5.08. The Labute approximate surface area is 178 Å². The molecule has 11 heteroatoms. The number of nitrogens with zero attached hydrogens (tertiary/aromatic N) is 2. The number of aromatic nitrogens is 2. The molecule has 4 rings (SSSR count). The molecular weight excluding hydrogens is 435 g/mol. The van der Waals surface area contributed by atoms with Crippen LogP contribution in [0.1, 0.15) is 28.5 Å². The Morgan fingerprint density at radius 2 is 1.62 bits per heavy atom. The van der Waals surface area contributed by atoms with Gasteiger partial charge in [-0.25, -0.2) is 18.7 Å². The van der Waals surface area contributed by atoms with Crippen LogP contribution < -0.4 is 10.6 Å². The van der Waals surface area contributed by atoms with Gasteiger partial charge in [-0.05, 0) is 36.8 Å². The van der Waals surface area contributed by atoms with E-state index in [9.17, 15) is 31.9 Å². The number of alkyl halides is 3. The number of anilines is 2. The summed E-state index contributed by atoms with van der Waals surface area (Å²) in [6.07, 6.45) is -4.88. The number of hydrogen-bond acceptors (Lipinski definition) is 5. The summed E-state index contributed by atoms with van der Waals surface area (Å²) in [4.78, 5) is 20.4.